The van der Waals surface area contributed by atoms with E-state index in [4.69, 9.17) is 4.74 Å². The number of hydrogen-bond acceptors (Lipinski definition) is 4. The zero-order valence-electron chi connectivity index (χ0n) is 13.9. The van der Waals surface area contributed by atoms with E-state index in [9.17, 15) is 14.0 Å². The zero-order valence-corrected chi connectivity index (χ0v) is 14.7. The molecule has 2 aromatic carbocycles. The van der Waals surface area contributed by atoms with Gasteiger partial charge in [-0.3, -0.25) is 9.59 Å². The number of ether oxygens (including phenoxy) is 1. The van der Waals surface area contributed by atoms with Crippen LogP contribution in [0.25, 0.3) is 0 Å². The van der Waals surface area contributed by atoms with Crippen LogP contribution in [0.5, 0.6) is 0 Å². The predicted octanol–water partition coefficient (Wildman–Crippen LogP) is 3.40. The lowest BCUT2D eigenvalue weighted by molar-refractivity contribution is -0.144. The molecule has 0 aliphatic carbocycles. The Morgan fingerprint density at radius 2 is 1.92 bits per heavy atom. The molecule has 4 nitrogen and oxygen atoms in total. The molecular weight excluding hydrogens is 341 g/mol. The van der Waals surface area contributed by atoms with E-state index in [0.29, 0.717) is 0 Å². The molecule has 3 rings (SSSR count). The van der Waals surface area contributed by atoms with Gasteiger partial charge in [-0.2, -0.15) is 0 Å². The van der Waals surface area contributed by atoms with E-state index < -0.39 is 22.6 Å². The lowest BCUT2D eigenvalue weighted by Crippen LogP contribution is -2.41. The van der Waals surface area contributed by atoms with Gasteiger partial charge < -0.3 is 10.1 Å². The Morgan fingerprint density at radius 3 is 2.56 bits per heavy atom. The highest BCUT2D eigenvalue weighted by atomic mass is 32.2. The minimum absolute atomic E-state index is 0.0722. The molecule has 1 saturated heterocycles. The number of thioether (sulfide) groups is 1. The number of esters is 1. The van der Waals surface area contributed by atoms with E-state index in [1.165, 1.54) is 24.9 Å². The number of aryl methyl sites for hydroxylation is 1. The standard InChI is InChI=1S/C19H18FNO3S/c1-12-7-9-13(10-8-12)25-19(18(23)24-2)11-16(22)21-17(19)14-5-3-4-6-15(14)20/h3-10,17H,11H2,1-2H3,(H,21,22). The number of methoxy groups -OCH3 is 1. The van der Waals surface area contributed by atoms with Crippen molar-refractivity contribution in [2.45, 2.75) is 29.0 Å². The first-order valence-corrected chi connectivity index (χ1v) is 8.66. The van der Waals surface area contributed by atoms with Gasteiger partial charge in [0.2, 0.25) is 5.91 Å². The number of nitrogens with one attached hydrogen (secondary N) is 1. The van der Waals surface area contributed by atoms with E-state index in [2.05, 4.69) is 5.32 Å². The van der Waals surface area contributed by atoms with Crippen LogP contribution < -0.4 is 5.32 Å². The minimum atomic E-state index is -1.26. The van der Waals surface area contributed by atoms with Crippen molar-refractivity contribution in [3.8, 4) is 0 Å². The summed E-state index contributed by atoms with van der Waals surface area (Å²) in [6, 6.07) is 13.0. The molecule has 0 aromatic heterocycles. The Kier molecular flexibility index (Phi) is 4.81. The highest BCUT2D eigenvalue weighted by Gasteiger charge is 2.56. The van der Waals surface area contributed by atoms with Crippen LogP contribution in [-0.2, 0) is 14.3 Å². The summed E-state index contributed by atoms with van der Waals surface area (Å²) in [4.78, 5) is 25.7. The fourth-order valence-electron chi connectivity index (χ4n) is 3.02. The van der Waals surface area contributed by atoms with Gasteiger partial charge in [-0.1, -0.05) is 35.9 Å². The van der Waals surface area contributed by atoms with Crippen LogP contribution in [0, 0.1) is 12.7 Å². The quantitative estimate of drug-likeness (QED) is 0.850. The first-order valence-electron chi connectivity index (χ1n) is 7.84. The number of halogens is 1. The van der Waals surface area contributed by atoms with E-state index in [0.717, 1.165) is 10.5 Å². The van der Waals surface area contributed by atoms with Crippen LogP contribution in [0.4, 0.5) is 4.39 Å². The summed E-state index contributed by atoms with van der Waals surface area (Å²) in [6.45, 7) is 1.97. The van der Waals surface area contributed by atoms with Crippen LogP contribution in [-0.4, -0.2) is 23.7 Å². The molecule has 0 radical (unpaired) electrons. The Balaban J connectivity index is 2.08. The molecule has 2 aromatic rings. The number of hydrogen-bond donors (Lipinski definition) is 1. The summed E-state index contributed by atoms with van der Waals surface area (Å²) < 4.78 is 18.1. The summed E-state index contributed by atoms with van der Waals surface area (Å²) in [7, 11) is 1.28. The number of rotatable bonds is 4. The van der Waals surface area contributed by atoms with Gasteiger partial charge in [0, 0.05) is 10.5 Å². The van der Waals surface area contributed by atoms with Crippen molar-refractivity contribution in [3.63, 3.8) is 0 Å². The van der Waals surface area contributed by atoms with Gasteiger partial charge in [0.15, 0.2) is 4.75 Å². The van der Waals surface area contributed by atoms with Crippen molar-refractivity contribution in [2.75, 3.05) is 7.11 Å². The van der Waals surface area contributed by atoms with Crippen molar-refractivity contribution in [1.82, 2.24) is 5.32 Å². The van der Waals surface area contributed by atoms with Gasteiger partial charge in [0.05, 0.1) is 19.6 Å². The summed E-state index contributed by atoms with van der Waals surface area (Å²) in [5, 5.41) is 2.75. The summed E-state index contributed by atoms with van der Waals surface area (Å²) in [5.41, 5.74) is 1.36. The smallest absolute Gasteiger partial charge is 0.325 e. The molecular formula is C19H18FNO3S. The highest BCUT2D eigenvalue weighted by Crippen LogP contribution is 2.49. The van der Waals surface area contributed by atoms with Crippen LogP contribution in [0.1, 0.15) is 23.6 Å². The molecule has 130 valence electrons. The van der Waals surface area contributed by atoms with Crippen LogP contribution in [0.3, 0.4) is 0 Å². The predicted molar refractivity (Wildman–Crippen MR) is 93.7 cm³/mol. The number of benzene rings is 2. The van der Waals surface area contributed by atoms with Gasteiger partial charge in [-0.15, -0.1) is 11.8 Å². The van der Waals surface area contributed by atoms with Gasteiger partial charge in [0.25, 0.3) is 0 Å². The molecule has 1 aliphatic rings. The Hall–Kier alpha value is -2.34. The Morgan fingerprint density at radius 1 is 1.24 bits per heavy atom. The molecule has 1 fully saturated rings. The van der Waals surface area contributed by atoms with Crippen molar-refractivity contribution < 1.29 is 18.7 Å². The number of amides is 1. The van der Waals surface area contributed by atoms with Crippen molar-refractivity contribution in [1.29, 1.82) is 0 Å². The number of carbonyl (C=O) groups excluding carboxylic acids is 2. The van der Waals surface area contributed by atoms with Crippen LogP contribution in [0.2, 0.25) is 0 Å². The van der Waals surface area contributed by atoms with Gasteiger partial charge in [-0.25, -0.2) is 4.39 Å². The summed E-state index contributed by atoms with van der Waals surface area (Å²) in [5.74, 6) is -1.32. The van der Waals surface area contributed by atoms with E-state index >= 15 is 0 Å². The molecule has 1 aliphatic heterocycles. The maximum atomic E-state index is 14.4. The Bertz CT molecular complexity index is 809. The fourth-order valence-corrected chi connectivity index (χ4v) is 4.39. The molecule has 0 bridgehead atoms. The zero-order chi connectivity index (χ0) is 18.0. The highest BCUT2D eigenvalue weighted by molar-refractivity contribution is 8.01. The molecule has 25 heavy (non-hydrogen) atoms. The van der Waals surface area contributed by atoms with Gasteiger partial charge in [-0.05, 0) is 25.1 Å². The lowest BCUT2D eigenvalue weighted by atomic mass is 9.92. The second kappa shape index (κ2) is 6.88. The SMILES string of the molecule is COC(=O)C1(Sc2ccc(C)cc2)CC(=O)NC1c1ccccc1F. The van der Waals surface area contributed by atoms with Crippen molar-refractivity contribution >= 4 is 23.6 Å². The molecule has 1 amide bonds. The average molecular weight is 359 g/mol. The second-order valence-electron chi connectivity index (χ2n) is 6.00. The van der Waals surface area contributed by atoms with Gasteiger partial charge in [0.1, 0.15) is 5.82 Å². The normalized spacial score (nSPS) is 22.5. The van der Waals surface area contributed by atoms with Crippen LogP contribution >= 0.6 is 11.8 Å². The molecule has 0 saturated carbocycles. The van der Waals surface area contributed by atoms with Crippen molar-refractivity contribution in [2.24, 2.45) is 0 Å². The van der Waals surface area contributed by atoms with E-state index in [1.807, 2.05) is 31.2 Å². The third kappa shape index (κ3) is 3.26. The minimum Gasteiger partial charge on any atom is -0.468 e. The van der Waals surface area contributed by atoms with Crippen molar-refractivity contribution in [3.05, 3.63) is 65.5 Å². The van der Waals surface area contributed by atoms with E-state index in [-0.39, 0.29) is 17.9 Å². The molecule has 2 atom stereocenters. The lowest BCUT2D eigenvalue weighted by Gasteiger charge is -2.31. The maximum absolute atomic E-state index is 14.4. The first-order chi connectivity index (χ1) is 12.0. The maximum Gasteiger partial charge on any atom is 0.325 e. The fraction of sp³-hybridized carbons (Fsp3) is 0.263. The second-order valence-corrected chi connectivity index (χ2v) is 7.40. The molecule has 1 heterocycles. The molecule has 2 unspecified atom stereocenters. The topological polar surface area (TPSA) is 55.4 Å². The molecule has 0 spiro atoms. The molecule has 6 heteroatoms. The average Bonchev–Trinajstić information content (AvgIpc) is 2.94. The number of carbonyl (C=O) groups is 2. The summed E-state index contributed by atoms with van der Waals surface area (Å²) >= 11 is 1.23. The van der Waals surface area contributed by atoms with E-state index in [1.54, 1.807) is 18.2 Å². The Labute approximate surface area is 149 Å². The summed E-state index contributed by atoms with van der Waals surface area (Å²) in [6.07, 6.45) is -0.0722. The third-order valence-electron chi connectivity index (χ3n) is 4.26. The van der Waals surface area contributed by atoms with Crippen LogP contribution in [0.15, 0.2) is 53.4 Å². The molecule has 1 N–H and O–H groups in total. The first kappa shape index (κ1) is 17.5. The monoisotopic (exact) mass is 359 g/mol. The largest absolute Gasteiger partial charge is 0.468 e. The third-order valence-corrected chi connectivity index (χ3v) is 5.68. The van der Waals surface area contributed by atoms with Gasteiger partial charge >= 0.3 is 5.97 Å².